The molecule has 0 aliphatic rings. The molecular formula is C19H26N4S. The van der Waals surface area contributed by atoms with Crippen LogP contribution in [0.4, 0.5) is 0 Å². The van der Waals surface area contributed by atoms with Crippen LogP contribution in [0.3, 0.4) is 0 Å². The second kappa shape index (κ2) is 9.33. The van der Waals surface area contributed by atoms with Crippen LogP contribution in [0.2, 0.25) is 0 Å². The lowest BCUT2D eigenvalue weighted by molar-refractivity contribution is 0.476. The largest absolute Gasteiger partial charge is 0.357 e. The van der Waals surface area contributed by atoms with E-state index in [1.54, 1.807) is 11.8 Å². The van der Waals surface area contributed by atoms with Crippen LogP contribution in [-0.4, -0.2) is 35.7 Å². The second-order valence-electron chi connectivity index (χ2n) is 5.64. The number of hydrogen-bond acceptors (Lipinski definition) is 3. The highest BCUT2D eigenvalue weighted by Gasteiger charge is 2.07. The Labute approximate surface area is 149 Å². The van der Waals surface area contributed by atoms with Crippen LogP contribution in [0.15, 0.2) is 52.5 Å². The van der Waals surface area contributed by atoms with E-state index in [4.69, 9.17) is 4.99 Å². The van der Waals surface area contributed by atoms with E-state index < -0.39 is 0 Å². The Kier molecular flexibility index (Phi) is 7.12. The maximum Gasteiger partial charge on any atom is 0.194 e. The fraction of sp³-hybridized carbons (Fsp3) is 0.368. The molecule has 0 atom stereocenters. The maximum atomic E-state index is 4.74. The van der Waals surface area contributed by atoms with Crippen LogP contribution in [0, 0.1) is 6.92 Å². The van der Waals surface area contributed by atoms with Crippen molar-refractivity contribution < 1.29 is 0 Å². The number of hydrogen-bond donors (Lipinski definition) is 1. The minimum absolute atomic E-state index is 0.588. The molecule has 0 fully saturated rings. The summed E-state index contributed by atoms with van der Waals surface area (Å²) in [6.07, 6.45) is 3.92. The van der Waals surface area contributed by atoms with Crippen molar-refractivity contribution in [3.8, 4) is 0 Å². The first kappa shape index (κ1) is 18.3. The number of nitrogens with one attached hydrogen (secondary N) is 1. The van der Waals surface area contributed by atoms with E-state index >= 15 is 0 Å². The topological polar surface area (TPSA) is 40.5 Å². The van der Waals surface area contributed by atoms with Crippen LogP contribution in [0.5, 0.6) is 0 Å². The van der Waals surface area contributed by atoms with Crippen LogP contribution in [0.25, 0.3) is 0 Å². The lowest BCUT2D eigenvalue weighted by Gasteiger charge is -2.22. The zero-order chi connectivity index (χ0) is 17.4. The Morgan fingerprint density at radius 1 is 1.25 bits per heavy atom. The zero-order valence-electron chi connectivity index (χ0n) is 14.9. The van der Waals surface area contributed by atoms with Crippen LogP contribution in [-0.2, 0) is 13.1 Å². The molecule has 0 aliphatic carbocycles. The lowest BCUT2D eigenvalue weighted by atomic mass is 10.2. The van der Waals surface area contributed by atoms with Gasteiger partial charge in [-0.25, -0.2) is 4.99 Å². The van der Waals surface area contributed by atoms with Gasteiger partial charge in [-0.15, -0.1) is 11.8 Å². The van der Waals surface area contributed by atoms with E-state index in [0.29, 0.717) is 6.54 Å². The van der Waals surface area contributed by atoms with Crippen molar-refractivity contribution in [3.63, 3.8) is 0 Å². The second-order valence-corrected chi connectivity index (χ2v) is 6.52. The number of aromatic nitrogens is 1. The van der Waals surface area contributed by atoms with Crippen molar-refractivity contribution in [2.45, 2.75) is 31.8 Å². The fourth-order valence-electron chi connectivity index (χ4n) is 2.38. The van der Waals surface area contributed by atoms with Crippen molar-refractivity contribution in [2.75, 3.05) is 19.8 Å². The average molecular weight is 343 g/mol. The molecule has 1 aromatic heterocycles. The number of guanidine groups is 1. The summed E-state index contributed by atoms with van der Waals surface area (Å²) in [6, 6.07) is 12.7. The number of aryl methyl sites for hydroxylation is 1. The molecule has 0 spiro atoms. The third kappa shape index (κ3) is 5.27. The average Bonchev–Trinajstić information content (AvgIpc) is 2.60. The molecule has 0 radical (unpaired) electrons. The first-order valence-electron chi connectivity index (χ1n) is 8.17. The molecule has 0 aliphatic heterocycles. The molecular weight excluding hydrogens is 316 g/mol. The van der Waals surface area contributed by atoms with Crippen LogP contribution >= 0.6 is 11.8 Å². The van der Waals surface area contributed by atoms with Gasteiger partial charge in [-0.05, 0) is 49.4 Å². The van der Waals surface area contributed by atoms with Gasteiger partial charge >= 0.3 is 0 Å². The summed E-state index contributed by atoms with van der Waals surface area (Å²) in [5.41, 5.74) is 3.47. The Balaban J connectivity index is 2.07. The predicted octanol–water partition coefficient (Wildman–Crippen LogP) is 3.71. The highest BCUT2D eigenvalue weighted by molar-refractivity contribution is 7.98. The van der Waals surface area contributed by atoms with E-state index in [2.05, 4.69) is 72.7 Å². The SMILES string of the molecule is CCNC(=NCc1ncccc1C)N(C)Cc1ccc(SC)cc1. The molecule has 0 unspecified atom stereocenters. The first-order valence-corrected chi connectivity index (χ1v) is 9.39. The summed E-state index contributed by atoms with van der Waals surface area (Å²) in [5.74, 6) is 0.900. The van der Waals surface area contributed by atoms with E-state index in [1.807, 2.05) is 12.3 Å². The molecule has 128 valence electrons. The minimum atomic E-state index is 0.588. The molecule has 0 amide bonds. The molecule has 1 N–H and O–H groups in total. The Morgan fingerprint density at radius 2 is 2.00 bits per heavy atom. The molecule has 1 aromatic carbocycles. The van der Waals surface area contributed by atoms with Crippen molar-refractivity contribution in [1.29, 1.82) is 0 Å². The minimum Gasteiger partial charge on any atom is -0.357 e. The van der Waals surface area contributed by atoms with Crippen molar-refractivity contribution in [2.24, 2.45) is 4.99 Å². The number of aliphatic imine (C=N–C) groups is 1. The maximum absolute atomic E-state index is 4.74. The Hall–Kier alpha value is -2.01. The summed E-state index contributed by atoms with van der Waals surface area (Å²) in [4.78, 5) is 12.6. The van der Waals surface area contributed by atoms with Gasteiger partial charge < -0.3 is 10.2 Å². The molecule has 2 rings (SSSR count). The third-order valence-electron chi connectivity index (χ3n) is 3.77. The van der Waals surface area contributed by atoms with E-state index in [0.717, 1.165) is 24.7 Å². The summed E-state index contributed by atoms with van der Waals surface area (Å²) in [6.45, 7) is 6.41. The molecule has 24 heavy (non-hydrogen) atoms. The normalized spacial score (nSPS) is 11.4. The number of nitrogens with zero attached hydrogens (tertiary/aromatic N) is 3. The van der Waals surface area contributed by atoms with E-state index in [-0.39, 0.29) is 0 Å². The smallest absolute Gasteiger partial charge is 0.194 e. The number of pyridine rings is 1. The first-order chi connectivity index (χ1) is 11.6. The summed E-state index contributed by atoms with van der Waals surface area (Å²) in [7, 11) is 2.06. The highest BCUT2D eigenvalue weighted by atomic mass is 32.2. The highest BCUT2D eigenvalue weighted by Crippen LogP contribution is 2.15. The number of thioether (sulfide) groups is 1. The molecule has 2 aromatic rings. The molecule has 0 saturated carbocycles. The van der Waals surface area contributed by atoms with Crippen molar-refractivity contribution >= 4 is 17.7 Å². The van der Waals surface area contributed by atoms with Crippen LogP contribution in [0.1, 0.15) is 23.7 Å². The Morgan fingerprint density at radius 3 is 2.62 bits per heavy atom. The van der Waals surface area contributed by atoms with Gasteiger partial charge in [0, 0.05) is 31.2 Å². The van der Waals surface area contributed by atoms with Crippen LogP contribution < -0.4 is 5.32 Å². The Bertz CT molecular complexity index is 667. The lowest BCUT2D eigenvalue weighted by Crippen LogP contribution is -2.38. The zero-order valence-corrected chi connectivity index (χ0v) is 15.7. The molecule has 1 heterocycles. The summed E-state index contributed by atoms with van der Waals surface area (Å²) in [5, 5.41) is 3.36. The van der Waals surface area contributed by atoms with Gasteiger partial charge in [0.25, 0.3) is 0 Å². The quantitative estimate of drug-likeness (QED) is 0.493. The van der Waals surface area contributed by atoms with Gasteiger partial charge in [-0.3, -0.25) is 4.98 Å². The van der Waals surface area contributed by atoms with E-state index in [9.17, 15) is 0 Å². The van der Waals surface area contributed by atoms with Gasteiger partial charge in [0.2, 0.25) is 0 Å². The third-order valence-corrected chi connectivity index (χ3v) is 4.52. The number of rotatable bonds is 6. The summed E-state index contributed by atoms with van der Waals surface area (Å²) >= 11 is 1.76. The van der Waals surface area contributed by atoms with Gasteiger partial charge in [0.15, 0.2) is 5.96 Å². The van der Waals surface area contributed by atoms with Gasteiger partial charge in [0.1, 0.15) is 0 Å². The van der Waals surface area contributed by atoms with Gasteiger partial charge in [0.05, 0.1) is 12.2 Å². The molecule has 4 nitrogen and oxygen atoms in total. The van der Waals surface area contributed by atoms with Gasteiger partial charge in [-0.1, -0.05) is 18.2 Å². The monoisotopic (exact) mass is 342 g/mol. The van der Waals surface area contributed by atoms with Gasteiger partial charge in [-0.2, -0.15) is 0 Å². The molecule has 0 bridgehead atoms. The standard InChI is InChI=1S/C19H26N4S/c1-5-20-19(22-13-18-15(2)7-6-12-21-18)23(3)14-16-8-10-17(24-4)11-9-16/h6-12H,5,13-14H2,1-4H3,(H,20,22). The van der Waals surface area contributed by atoms with Crippen molar-refractivity contribution in [1.82, 2.24) is 15.2 Å². The van der Waals surface area contributed by atoms with E-state index in [1.165, 1.54) is 16.0 Å². The number of benzene rings is 1. The predicted molar refractivity (Wildman–Crippen MR) is 103 cm³/mol. The fourth-order valence-corrected chi connectivity index (χ4v) is 2.79. The summed E-state index contributed by atoms with van der Waals surface area (Å²) < 4.78 is 0. The molecule has 0 saturated heterocycles. The molecule has 5 heteroatoms. The van der Waals surface area contributed by atoms with Crippen molar-refractivity contribution in [3.05, 3.63) is 59.4 Å².